The smallest absolute Gasteiger partial charge is 0.123 e. The van der Waals surface area contributed by atoms with E-state index in [-0.39, 0.29) is 11.7 Å². The van der Waals surface area contributed by atoms with Crippen LogP contribution < -0.4 is 0 Å². The van der Waals surface area contributed by atoms with E-state index in [1.54, 1.807) is 12.1 Å². The Kier molecular flexibility index (Phi) is 5.31. The Morgan fingerprint density at radius 2 is 1.88 bits per heavy atom. The minimum Gasteiger partial charge on any atom is -0.388 e. The van der Waals surface area contributed by atoms with E-state index in [0.717, 1.165) is 43.9 Å². The lowest BCUT2D eigenvalue weighted by molar-refractivity contribution is 0.0556. The summed E-state index contributed by atoms with van der Waals surface area (Å²) in [5.74, 6) is 1.07. The number of benzene rings is 1. The van der Waals surface area contributed by atoms with Crippen LogP contribution in [0.1, 0.15) is 50.2 Å². The zero-order valence-electron chi connectivity index (χ0n) is 14.4. The molecular weight excluding hydrogens is 305 g/mol. The summed E-state index contributed by atoms with van der Waals surface area (Å²) in [6.07, 6.45) is 5.28. The summed E-state index contributed by atoms with van der Waals surface area (Å²) in [5, 5.41) is 10.5. The molecule has 0 radical (unpaired) electrons. The Morgan fingerprint density at radius 1 is 1.21 bits per heavy atom. The van der Waals surface area contributed by atoms with Gasteiger partial charge in [0.25, 0.3) is 0 Å². The first kappa shape index (κ1) is 17.1. The van der Waals surface area contributed by atoms with Crippen molar-refractivity contribution in [2.24, 2.45) is 5.92 Å². The van der Waals surface area contributed by atoms with Crippen molar-refractivity contribution in [3.05, 3.63) is 53.9 Å². The standard InChI is InChI=1S/C19H26FN3O/c1-14(2)23-12-9-21-18(23)13-22-10-7-16(8-11-22)19(24)15-3-5-17(20)6-4-15/h3-6,9,12,14,16,19,24H,7-8,10-11,13H2,1-2H3. The molecule has 1 N–H and O–H groups in total. The summed E-state index contributed by atoms with van der Waals surface area (Å²) >= 11 is 0. The van der Waals surface area contributed by atoms with E-state index in [4.69, 9.17) is 0 Å². The lowest BCUT2D eigenvalue weighted by Crippen LogP contribution is -2.36. The van der Waals surface area contributed by atoms with Crippen LogP contribution >= 0.6 is 0 Å². The number of halogens is 1. The maximum absolute atomic E-state index is 13.0. The zero-order valence-corrected chi connectivity index (χ0v) is 14.4. The molecule has 0 spiro atoms. The molecule has 0 bridgehead atoms. The summed E-state index contributed by atoms with van der Waals surface area (Å²) in [5.41, 5.74) is 0.810. The molecule has 2 heterocycles. The van der Waals surface area contributed by atoms with Gasteiger partial charge < -0.3 is 9.67 Å². The number of likely N-dealkylation sites (tertiary alicyclic amines) is 1. The van der Waals surface area contributed by atoms with Crippen LogP contribution in [0, 0.1) is 11.7 Å². The van der Waals surface area contributed by atoms with Gasteiger partial charge in [-0.05, 0) is 63.4 Å². The zero-order chi connectivity index (χ0) is 17.1. The molecule has 0 saturated carbocycles. The van der Waals surface area contributed by atoms with Crippen molar-refractivity contribution < 1.29 is 9.50 Å². The van der Waals surface area contributed by atoms with E-state index in [2.05, 4.69) is 28.3 Å². The minimum atomic E-state index is -0.509. The number of hydrogen-bond donors (Lipinski definition) is 1. The Morgan fingerprint density at radius 3 is 2.50 bits per heavy atom. The van der Waals surface area contributed by atoms with E-state index in [0.29, 0.717) is 6.04 Å². The monoisotopic (exact) mass is 331 g/mol. The van der Waals surface area contributed by atoms with Gasteiger partial charge in [-0.2, -0.15) is 0 Å². The molecule has 2 aromatic rings. The maximum atomic E-state index is 13.0. The highest BCUT2D eigenvalue weighted by Gasteiger charge is 2.26. The molecule has 5 heteroatoms. The van der Waals surface area contributed by atoms with Gasteiger partial charge in [0, 0.05) is 18.4 Å². The number of hydrogen-bond acceptors (Lipinski definition) is 3. The first-order chi connectivity index (χ1) is 11.5. The lowest BCUT2D eigenvalue weighted by Gasteiger charge is -2.34. The topological polar surface area (TPSA) is 41.3 Å². The fourth-order valence-corrected chi connectivity index (χ4v) is 3.50. The largest absolute Gasteiger partial charge is 0.388 e. The Hall–Kier alpha value is -1.72. The molecule has 130 valence electrons. The number of aliphatic hydroxyl groups excluding tert-OH is 1. The van der Waals surface area contributed by atoms with Crippen molar-refractivity contribution in [1.29, 1.82) is 0 Å². The highest BCUT2D eigenvalue weighted by molar-refractivity contribution is 5.19. The van der Waals surface area contributed by atoms with Gasteiger partial charge >= 0.3 is 0 Å². The van der Waals surface area contributed by atoms with Gasteiger partial charge in [0.2, 0.25) is 0 Å². The van der Waals surface area contributed by atoms with Gasteiger partial charge in [-0.15, -0.1) is 0 Å². The van der Waals surface area contributed by atoms with Crippen LogP contribution in [0.4, 0.5) is 4.39 Å². The third kappa shape index (κ3) is 3.84. The lowest BCUT2D eigenvalue weighted by atomic mass is 9.87. The van der Waals surface area contributed by atoms with Crippen LogP contribution in [0.5, 0.6) is 0 Å². The van der Waals surface area contributed by atoms with Crippen LogP contribution in [-0.2, 0) is 6.54 Å². The quantitative estimate of drug-likeness (QED) is 0.911. The SMILES string of the molecule is CC(C)n1ccnc1CN1CCC(C(O)c2ccc(F)cc2)CC1. The van der Waals surface area contributed by atoms with Crippen LogP contribution in [0.3, 0.4) is 0 Å². The molecule has 1 unspecified atom stereocenters. The average Bonchev–Trinajstić information content (AvgIpc) is 3.04. The highest BCUT2D eigenvalue weighted by atomic mass is 19.1. The molecule has 4 nitrogen and oxygen atoms in total. The molecule has 1 aromatic carbocycles. The van der Waals surface area contributed by atoms with Gasteiger partial charge in [0.1, 0.15) is 11.6 Å². The van der Waals surface area contributed by atoms with Crippen LogP contribution in [-0.4, -0.2) is 32.6 Å². The molecule has 1 aromatic heterocycles. The minimum absolute atomic E-state index is 0.233. The average molecular weight is 331 g/mol. The summed E-state index contributed by atoms with van der Waals surface area (Å²) in [6.45, 7) is 7.08. The maximum Gasteiger partial charge on any atom is 0.123 e. The second kappa shape index (κ2) is 7.45. The third-order valence-electron chi connectivity index (χ3n) is 4.96. The Labute approximate surface area is 142 Å². The summed E-state index contributed by atoms with van der Waals surface area (Å²) in [7, 11) is 0. The molecule has 1 aliphatic rings. The Balaban J connectivity index is 1.55. The van der Waals surface area contributed by atoms with E-state index < -0.39 is 6.10 Å². The molecule has 24 heavy (non-hydrogen) atoms. The molecule has 1 saturated heterocycles. The number of imidazole rings is 1. The van der Waals surface area contributed by atoms with E-state index in [1.807, 2.05) is 12.4 Å². The molecular formula is C19H26FN3O. The second-order valence-corrected chi connectivity index (χ2v) is 6.95. The van der Waals surface area contributed by atoms with Crippen molar-refractivity contribution in [2.75, 3.05) is 13.1 Å². The summed E-state index contributed by atoms with van der Waals surface area (Å²) in [6, 6.07) is 6.62. The Bertz CT molecular complexity index is 645. The number of nitrogens with zero attached hydrogens (tertiary/aromatic N) is 3. The van der Waals surface area contributed by atoms with E-state index in [9.17, 15) is 9.50 Å². The van der Waals surface area contributed by atoms with E-state index in [1.165, 1.54) is 12.1 Å². The van der Waals surface area contributed by atoms with Crippen molar-refractivity contribution in [1.82, 2.24) is 14.5 Å². The van der Waals surface area contributed by atoms with Gasteiger partial charge in [-0.25, -0.2) is 9.37 Å². The molecule has 0 amide bonds. The third-order valence-corrected chi connectivity index (χ3v) is 4.96. The molecule has 1 aliphatic heterocycles. The van der Waals surface area contributed by atoms with Crippen LogP contribution in [0.2, 0.25) is 0 Å². The molecule has 0 aliphatic carbocycles. The van der Waals surface area contributed by atoms with Crippen molar-refractivity contribution in [3.8, 4) is 0 Å². The number of rotatable bonds is 5. The van der Waals surface area contributed by atoms with Crippen molar-refractivity contribution >= 4 is 0 Å². The van der Waals surface area contributed by atoms with Gasteiger partial charge in [0.15, 0.2) is 0 Å². The summed E-state index contributed by atoms with van der Waals surface area (Å²) in [4.78, 5) is 6.88. The van der Waals surface area contributed by atoms with Gasteiger partial charge in [0.05, 0.1) is 12.6 Å². The number of aromatic nitrogens is 2. The fraction of sp³-hybridized carbons (Fsp3) is 0.526. The van der Waals surface area contributed by atoms with Crippen LogP contribution in [0.15, 0.2) is 36.7 Å². The molecule has 1 fully saturated rings. The molecule has 1 atom stereocenters. The first-order valence-corrected chi connectivity index (χ1v) is 8.72. The summed E-state index contributed by atoms with van der Waals surface area (Å²) < 4.78 is 15.2. The van der Waals surface area contributed by atoms with Gasteiger partial charge in [-0.3, -0.25) is 4.90 Å². The van der Waals surface area contributed by atoms with Crippen molar-refractivity contribution in [3.63, 3.8) is 0 Å². The predicted octanol–water partition coefficient (Wildman–Crippen LogP) is 3.55. The number of aliphatic hydroxyl groups is 1. The number of piperidine rings is 1. The van der Waals surface area contributed by atoms with Crippen molar-refractivity contribution in [2.45, 2.75) is 45.4 Å². The van der Waals surface area contributed by atoms with Crippen LogP contribution in [0.25, 0.3) is 0 Å². The molecule has 3 rings (SSSR count). The second-order valence-electron chi connectivity index (χ2n) is 6.95. The highest BCUT2D eigenvalue weighted by Crippen LogP contribution is 2.31. The predicted molar refractivity (Wildman–Crippen MR) is 92.0 cm³/mol. The van der Waals surface area contributed by atoms with Gasteiger partial charge in [-0.1, -0.05) is 12.1 Å². The fourth-order valence-electron chi connectivity index (χ4n) is 3.50. The van der Waals surface area contributed by atoms with E-state index >= 15 is 0 Å². The first-order valence-electron chi connectivity index (χ1n) is 8.72. The normalized spacial score (nSPS) is 18.2.